The second-order valence-corrected chi connectivity index (χ2v) is 7.12. The van der Waals surface area contributed by atoms with E-state index in [1.54, 1.807) is 0 Å². The van der Waals surface area contributed by atoms with E-state index in [2.05, 4.69) is 34.3 Å². The van der Waals surface area contributed by atoms with Crippen molar-refractivity contribution in [2.45, 2.75) is 70.4 Å². The molecule has 0 radical (unpaired) electrons. The van der Waals surface area contributed by atoms with E-state index in [-0.39, 0.29) is 0 Å². The Kier molecular flexibility index (Phi) is 5.71. The zero-order chi connectivity index (χ0) is 15.2. The first-order chi connectivity index (χ1) is 10.8. The molecular formula is C19H31N3. The molecule has 1 saturated heterocycles. The summed E-state index contributed by atoms with van der Waals surface area (Å²) < 4.78 is 0. The Morgan fingerprint density at radius 3 is 2.41 bits per heavy atom. The maximum absolute atomic E-state index is 4.47. The van der Waals surface area contributed by atoms with Crippen LogP contribution in [0.4, 0.5) is 5.82 Å². The summed E-state index contributed by atoms with van der Waals surface area (Å²) >= 11 is 0. The molecule has 1 aromatic rings. The van der Waals surface area contributed by atoms with Crippen LogP contribution in [0.2, 0.25) is 0 Å². The van der Waals surface area contributed by atoms with Crippen LogP contribution in [0.25, 0.3) is 0 Å². The quantitative estimate of drug-likeness (QED) is 0.891. The van der Waals surface area contributed by atoms with Gasteiger partial charge < -0.3 is 10.2 Å². The summed E-state index contributed by atoms with van der Waals surface area (Å²) in [5, 5.41) is 3.95. The van der Waals surface area contributed by atoms with E-state index in [4.69, 9.17) is 0 Å². The summed E-state index contributed by atoms with van der Waals surface area (Å²) in [4.78, 5) is 6.90. The summed E-state index contributed by atoms with van der Waals surface area (Å²) in [5.74, 6) is 2.15. The molecule has 22 heavy (non-hydrogen) atoms. The zero-order valence-corrected chi connectivity index (χ0v) is 14.0. The fourth-order valence-corrected chi connectivity index (χ4v) is 4.18. The minimum Gasteiger partial charge on any atom is -0.357 e. The average molecular weight is 301 g/mol. The van der Waals surface area contributed by atoms with Crippen LogP contribution in [-0.2, 0) is 0 Å². The molecule has 0 unspecified atom stereocenters. The van der Waals surface area contributed by atoms with Gasteiger partial charge in [0.2, 0.25) is 0 Å². The van der Waals surface area contributed by atoms with E-state index >= 15 is 0 Å². The van der Waals surface area contributed by atoms with Gasteiger partial charge in [-0.3, -0.25) is 0 Å². The van der Waals surface area contributed by atoms with E-state index in [0.29, 0.717) is 6.04 Å². The molecule has 1 aromatic heterocycles. The van der Waals surface area contributed by atoms with Crippen molar-refractivity contribution in [3.05, 3.63) is 24.4 Å². The second-order valence-electron chi connectivity index (χ2n) is 7.12. The van der Waals surface area contributed by atoms with Gasteiger partial charge in [-0.1, -0.05) is 25.8 Å². The van der Waals surface area contributed by atoms with Crippen LogP contribution in [0.5, 0.6) is 0 Å². The molecule has 0 spiro atoms. The Hall–Kier alpha value is -1.09. The SMILES string of the molecule is CCCC1CCC(NC2CCN(c3ccccn3)CC2)CC1. The number of nitrogens with zero attached hydrogens (tertiary/aromatic N) is 2. The van der Waals surface area contributed by atoms with Crippen LogP contribution in [0.15, 0.2) is 24.4 Å². The number of hydrogen-bond donors (Lipinski definition) is 1. The van der Waals surface area contributed by atoms with Crippen molar-refractivity contribution < 1.29 is 0 Å². The van der Waals surface area contributed by atoms with E-state index in [1.807, 2.05) is 12.3 Å². The molecule has 3 nitrogen and oxygen atoms in total. The molecular weight excluding hydrogens is 270 g/mol. The molecule has 122 valence electrons. The van der Waals surface area contributed by atoms with Gasteiger partial charge in [0.05, 0.1) is 0 Å². The Morgan fingerprint density at radius 2 is 1.77 bits per heavy atom. The number of aromatic nitrogens is 1. The van der Waals surface area contributed by atoms with Crippen LogP contribution in [0.3, 0.4) is 0 Å². The van der Waals surface area contributed by atoms with E-state index in [0.717, 1.165) is 30.9 Å². The zero-order valence-electron chi connectivity index (χ0n) is 14.0. The maximum Gasteiger partial charge on any atom is 0.128 e. The van der Waals surface area contributed by atoms with Gasteiger partial charge >= 0.3 is 0 Å². The molecule has 1 saturated carbocycles. The molecule has 3 heteroatoms. The van der Waals surface area contributed by atoms with Gasteiger partial charge in [-0.05, 0) is 56.6 Å². The van der Waals surface area contributed by atoms with Gasteiger partial charge in [0.15, 0.2) is 0 Å². The Bertz CT molecular complexity index is 418. The third-order valence-corrected chi connectivity index (χ3v) is 5.48. The summed E-state index contributed by atoms with van der Waals surface area (Å²) in [6.07, 6.45) is 12.9. The second kappa shape index (κ2) is 7.96. The summed E-state index contributed by atoms with van der Waals surface area (Å²) in [7, 11) is 0. The first kappa shape index (κ1) is 15.8. The average Bonchev–Trinajstić information content (AvgIpc) is 2.58. The van der Waals surface area contributed by atoms with Crippen LogP contribution >= 0.6 is 0 Å². The predicted octanol–water partition coefficient (Wildman–Crippen LogP) is 4.00. The topological polar surface area (TPSA) is 28.2 Å². The normalized spacial score (nSPS) is 27.0. The van der Waals surface area contributed by atoms with Gasteiger partial charge in [0, 0.05) is 31.4 Å². The van der Waals surface area contributed by atoms with Gasteiger partial charge in [0.1, 0.15) is 5.82 Å². The third-order valence-electron chi connectivity index (χ3n) is 5.48. The first-order valence-electron chi connectivity index (χ1n) is 9.27. The number of rotatable bonds is 5. The summed E-state index contributed by atoms with van der Waals surface area (Å²) in [6, 6.07) is 7.70. The van der Waals surface area contributed by atoms with Crippen molar-refractivity contribution in [3.63, 3.8) is 0 Å². The molecule has 2 fully saturated rings. The fraction of sp³-hybridized carbons (Fsp3) is 0.737. The lowest BCUT2D eigenvalue weighted by molar-refractivity contribution is 0.251. The molecule has 3 rings (SSSR count). The standard InChI is InChI=1S/C19H31N3/c1-2-5-16-7-9-17(10-8-16)21-18-11-14-22(15-12-18)19-6-3-4-13-20-19/h3-4,6,13,16-18,21H,2,5,7-12,14-15H2,1H3. The Labute approximate surface area is 135 Å². The highest BCUT2D eigenvalue weighted by molar-refractivity contribution is 5.38. The van der Waals surface area contributed by atoms with Crippen LogP contribution in [0, 0.1) is 5.92 Å². The van der Waals surface area contributed by atoms with Crippen molar-refractivity contribution >= 4 is 5.82 Å². The predicted molar refractivity (Wildman–Crippen MR) is 93.3 cm³/mol. The smallest absolute Gasteiger partial charge is 0.128 e. The monoisotopic (exact) mass is 301 g/mol. The number of pyridine rings is 1. The number of nitrogens with one attached hydrogen (secondary N) is 1. The minimum absolute atomic E-state index is 0.715. The van der Waals surface area contributed by atoms with Gasteiger partial charge in [0.25, 0.3) is 0 Å². The van der Waals surface area contributed by atoms with Crippen molar-refractivity contribution in [3.8, 4) is 0 Å². The molecule has 2 aliphatic rings. The summed E-state index contributed by atoms with van der Waals surface area (Å²) in [5.41, 5.74) is 0. The summed E-state index contributed by atoms with van der Waals surface area (Å²) in [6.45, 7) is 4.60. The number of piperidine rings is 1. The molecule has 0 amide bonds. The molecule has 1 aliphatic heterocycles. The molecule has 1 N–H and O–H groups in total. The van der Waals surface area contributed by atoms with Gasteiger partial charge in [-0.15, -0.1) is 0 Å². The van der Waals surface area contributed by atoms with Crippen molar-refractivity contribution in [2.24, 2.45) is 5.92 Å². The largest absolute Gasteiger partial charge is 0.357 e. The maximum atomic E-state index is 4.47. The number of anilines is 1. The molecule has 0 aromatic carbocycles. The van der Waals surface area contributed by atoms with Crippen LogP contribution < -0.4 is 10.2 Å². The molecule has 0 atom stereocenters. The highest BCUT2D eigenvalue weighted by Crippen LogP contribution is 2.28. The van der Waals surface area contributed by atoms with Crippen LogP contribution in [0.1, 0.15) is 58.3 Å². The lowest BCUT2D eigenvalue weighted by atomic mass is 9.83. The third kappa shape index (κ3) is 4.22. The lowest BCUT2D eigenvalue weighted by Gasteiger charge is -2.37. The molecule has 1 aliphatic carbocycles. The molecule has 2 heterocycles. The highest BCUT2D eigenvalue weighted by Gasteiger charge is 2.25. The van der Waals surface area contributed by atoms with Gasteiger partial charge in [-0.25, -0.2) is 4.98 Å². The lowest BCUT2D eigenvalue weighted by Crippen LogP contribution is -2.47. The fourth-order valence-electron chi connectivity index (χ4n) is 4.18. The Morgan fingerprint density at radius 1 is 1.05 bits per heavy atom. The number of hydrogen-bond acceptors (Lipinski definition) is 3. The van der Waals surface area contributed by atoms with Crippen molar-refractivity contribution in [1.29, 1.82) is 0 Å². The van der Waals surface area contributed by atoms with Crippen molar-refractivity contribution in [1.82, 2.24) is 10.3 Å². The first-order valence-corrected chi connectivity index (χ1v) is 9.27. The van der Waals surface area contributed by atoms with Crippen LogP contribution in [-0.4, -0.2) is 30.2 Å². The highest BCUT2D eigenvalue weighted by atomic mass is 15.2. The van der Waals surface area contributed by atoms with E-state index in [1.165, 1.54) is 51.4 Å². The van der Waals surface area contributed by atoms with E-state index in [9.17, 15) is 0 Å². The Balaban J connectivity index is 1.39. The van der Waals surface area contributed by atoms with E-state index < -0.39 is 0 Å². The minimum atomic E-state index is 0.715. The van der Waals surface area contributed by atoms with Gasteiger partial charge in [-0.2, -0.15) is 0 Å². The molecule has 0 bridgehead atoms. The van der Waals surface area contributed by atoms with Crippen molar-refractivity contribution in [2.75, 3.05) is 18.0 Å².